The minimum absolute atomic E-state index is 0.227. The van der Waals surface area contributed by atoms with Crippen molar-refractivity contribution in [1.82, 2.24) is 4.90 Å². The summed E-state index contributed by atoms with van der Waals surface area (Å²) in [5, 5.41) is 20.0. The van der Waals surface area contributed by atoms with Crippen molar-refractivity contribution in [3.63, 3.8) is 0 Å². The molecule has 144 valence electrons. The molecule has 1 saturated heterocycles. The maximum absolute atomic E-state index is 12.6. The van der Waals surface area contributed by atoms with Crippen LogP contribution in [0.5, 0.6) is 0 Å². The van der Waals surface area contributed by atoms with E-state index in [-0.39, 0.29) is 19.1 Å². The number of hydrogen-bond acceptors (Lipinski definition) is 5. The van der Waals surface area contributed by atoms with Crippen LogP contribution in [0.15, 0.2) is 60.7 Å². The quantitative estimate of drug-likeness (QED) is 0.651. The first-order chi connectivity index (χ1) is 13.2. The van der Waals surface area contributed by atoms with Gasteiger partial charge in [0.05, 0.1) is 32.5 Å². The molecule has 1 fully saturated rings. The Hall–Kier alpha value is -2.25. The van der Waals surface area contributed by atoms with Crippen molar-refractivity contribution >= 4 is 5.91 Å². The molecule has 27 heavy (non-hydrogen) atoms. The fraction of sp³-hybridized carbons (Fsp3) is 0.381. The summed E-state index contributed by atoms with van der Waals surface area (Å²) in [6.07, 6.45) is -2.04. The summed E-state index contributed by atoms with van der Waals surface area (Å²) < 4.78 is 11.3. The number of aliphatic hydroxyl groups excluding tert-OH is 2. The van der Waals surface area contributed by atoms with Gasteiger partial charge >= 0.3 is 0 Å². The molecule has 0 aliphatic carbocycles. The molecule has 1 heterocycles. The third kappa shape index (κ3) is 4.93. The van der Waals surface area contributed by atoms with Crippen LogP contribution in [0.3, 0.4) is 0 Å². The zero-order chi connectivity index (χ0) is 19.1. The lowest BCUT2D eigenvalue weighted by atomic mass is 10.1. The highest BCUT2D eigenvalue weighted by atomic mass is 16.5. The first-order valence-corrected chi connectivity index (χ1v) is 9.07. The topological polar surface area (TPSA) is 79.2 Å². The number of carbonyl (C=O) groups excluding carboxylic acids is 1. The normalized spacial score (nSPS) is 22.4. The Morgan fingerprint density at radius 3 is 2.11 bits per heavy atom. The van der Waals surface area contributed by atoms with Crippen LogP contribution in [-0.2, 0) is 27.5 Å². The monoisotopic (exact) mass is 371 g/mol. The summed E-state index contributed by atoms with van der Waals surface area (Å²) in [4.78, 5) is 14.1. The van der Waals surface area contributed by atoms with E-state index in [9.17, 15) is 15.0 Å². The van der Waals surface area contributed by atoms with Crippen LogP contribution in [-0.4, -0.2) is 59.0 Å². The van der Waals surface area contributed by atoms with Crippen molar-refractivity contribution < 1.29 is 24.5 Å². The van der Waals surface area contributed by atoms with Crippen LogP contribution in [0.1, 0.15) is 11.1 Å². The van der Waals surface area contributed by atoms with Crippen LogP contribution < -0.4 is 0 Å². The Bertz CT molecular complexity index is 709. The average molecular weight is 371 g/mol. The van der Waals surface area contributed by atoms with E-state index in [1.165, 1.54) is 4.90 Å². The molecular formula is C21H25NO5. The van der Waals surface area contributed by atoms with Crippen molar-refractivity contribution in [3.05, 3.63) is 71.8 Å². The van der Waals surface area contributed by atoms with E-state index in [1.807, 2.05) is 60.7 Å². The SMILES string of the molecule is O=C1[C@@H](OCc2ccccc2)[C@H](O)[C@@H](CO)N1CCOCc1ccccc1. The Morgan fingerprint density at radius 1 is 0.926 bits per heavy atom. The van der Waals surface area contributed by atoms with Crippen LogP contribution in [0.4, 0.5) is 0 Å². The molecule has 3 atom stereocenters. The fourth-order valence-corrected chi connectivity index (χ4v) is 3.20. The third-order valence-corrected chi connectivity index (χ3v) is 4.68. The highest BCUT2D eigenvalue weighted by Crippen LogP contribution is 2.23. The smallest absolute Gasteiger partial charge is 0.255 e. The van der Waals surface area contributed by atoms with Gasteiger partial charge in [-0.2, -0.15) is 0 Å². The van der Waals surface area contributed by atoms with Crippen molar-refractivity contribution in [3.8, 4) is 0 Å². The predicted octanol–water partition coefficient (Wildman–Crippen LogP) is 1.35. The summed E-state index contributed by atoms with van der Waals surface area (Å²) in [5.41, 5.74) is 1.97. The number of nitrogens with zero attached hydrogens (tertiary/aromatic N) is 1. The summed E-state index contributed by atoms with van der Waals surface area (Å²) in [6.45, 7) is 0.957. The molecule has 6 heteroatoms. The van der Waals surface area contributed by atoms with E-state index >= 15 is 0 Å². The number of carbonyl (C=O) groups is 1. The number of amides is 1. The third-order valence-electron chi connectivity index (χ3n) is 4.68. The van der Waals surface area contributed by atoms with E-state index in [1.54, 1.807) is 0 Å². The first-order valence-electron chi connectivity index (χ1n) is 9.07. The molecule has 1 aliphatic heterocycles. The number of benzene rings is 2. The van der Waals surface area contributed by atoms with Gasteiger partial charge in [-0.25, -0.2) is 0 Å². The fourth-order valence-electron chi connectivity index (χ4n) is 3.20. The molecule has 6 nitrogen and oxygen atoms in total. The van der Waals surface area contributed by atoms with E-state index in [0.29, 0.717) is 19.8 Å². The average Bonchev–Trinajstić information content (AvgIpc) is 2.94. The lowest BCUT2D eigenvalue weighted by Gasteiger charge is -2.23. The summed E-state index contributed by atoms with van der Waals surface area (Å²) >= 11 is 0. The molecule has 3 rings (SSSR count). The number of ether oxygens (including phenoxy) is 2. The molecule has 1 amide bonds. The van der Waals surface area contributed by atoms with Gasteiger partial charge in [0.2, 0.25) is 0 Å². The van der Waals surface area contributed by atoms with E-state index in [0.717, 1.165) is 11.1 Å². The molecular weight excluding hydrogens is 346 g/mol. The van der Waals surface area contributed by atoms with E-state index < -0.39 is 18.2 Å². The van der Waals surface area contributed by atoms with Crippen molar-refractivity contribution in [2.45, 2.75) is 31.5 Å². The van der Waals surface area contributed by atoms with E-state index in [4.69, 9.17) is 9.47 Å². The summed E-state index contributed by atoms with van der Waals surface area (Å²) in [5.74, 6) is -0.319. The Labute approximate surface area is 159 Å². The second-order valence-electron chi connectivity index (χ2n) is 6.53. The maximum Gasteiger partial charge on any atom is 0.255 e. The van der Waals surface area contributed by atoms with Gasteiger partial charge in [0, 0.05) is 6.54 Å². The van der Waals surface area contributed by atoms with Gasteiger partial charge in [-0.3, -0.25) is 4.79 Å². The maximum atomic E-state index is 12.6. The molecule has 0 radical (unpaired) electrons. The summed E-state index contributed by atoms with van der Waals surface area (Å²) in [7, 11) is 0. The minimum Gasteiger partial charge on any atom is -0.394 e. The summed E-state index contributed by atoms with van der Waals surface area (Å²) in [6, 6.07) is 18.5. The van der Waals surface area contributed by atoms with Crippen LogP contribution in [0.25, 0.3) is 0 Å². The van der Waals surface area contributed by atoms with Gasteiger partial charge in [-0.1, -0.05) is 60.7 Å². The zero-order valence-corrected chi connectivity index (χ0v) is 15.1. The van der Waals surface area contributed by atoms with Crippen LogP contribution in [0, 0.1) is 0 Å². The Kier molecular flexibility index (Phi) is 6.95. The van der Waals surface area contributed by atoms with Crippen molar-refractivity contribution in [2.75, 3.05) is 19.8 Å². The Balaban J connectivity index is 1.52. The van der Waals surface area contributed by atoms with Gasteiger partial charge in [0.15, 0.2) is 6.10 Å². The van der Waals surface area contributed by atoms with Crippen molar-refractivity contribution in [2.24, 2.45) is 0 Å². The minimum atomic E-state index is -1.07. The standard InChI is InChI=1S/C21H25NO5/c23-13-18-19(24)20(27-15-17-9-5-2-6-10-17)21(25)22(18)11-12-26-14-16-7-3-1-4-8-16/h1-10,18-20,23-24H,11-15H2/t18-,19-,20+/m1/s1. The Morgan fingerprint density at radius 2 is 1.52 bits per heavy atom. The molecule has 0 saturated carbocycles. The molecule has 0 spiro atoms. The molecule has 0 bridgehead atoms. The second-order valence-corrected chi connectivity index (χ2v) is 6.53. The van der Waals surface area contributed by atoms with Gasteiger partial charge in [-0.15, -0.1) is 0 Å². The van der Waals surface area contributed by atoms with Gasteiger partial charge in [0.1, 0.15) is 6.10 Å². The lowest BCUT2D eigenvalue weighted by Crippen LogP contribution is -2.41. The van der Waals surface area contributed by atoms with Gasteiger partial charge in [-0.05, 0) is 11.1 Å². The second kappa shape index (κ2) is 9.62. The van der Waals surface area contributed by atoms with E-state index in [2.05, 4.69) is 0 Å². The largest absolute Gasteiger partial charge is 0.394 e. The van der Waals surface area contributed by atoms with Gasteiger partial charge < -0.3 is 24.6 Å². The number of rotatable bonds is 9. The zero-order valence-electron chi connectivity index (χ0n) is 15.1. The van der Waals surface area contributed by atoms with Crippen LogP contribution >= 0.6 is 0 Å². The molecule has 2 aromatic carbocycles. The molecule has 2 N–H and O–H groups in total. The lowest BCUT2D eigenvalue weighted by molar-refractivity contribution is -0.141. The molecule has 1 aliphatic rings. The van der Waals surface area contributed by atoms with Crippen LogP contribution in [0.2, 0.25) is 0 Å². The van der Waals surface area contributed by atoms with Gasteiger partial charge in [0.25, 0.3) is 5.91 Å². The number of hydrogen-bond donors (Lipinski definition) is 2. The highest BCUT2D eigenvalue weighted by Gasteiger charge is 2.47. The highest BCUT2D eigenvalue weighted by molar-refractivity contribution is 5.84. The number of aliphatic hydroxyl groups is 2. The number of likely N-dealkylation sites (tertiary alicyclic amines) is 1. The molecule has 2 aromatic rings. The molecule has 0 unspecified atom stereocenters. The molecule has 0 aromatic heterocycles. The van der Waals surface area contributed by atoms with Crippen molar-refractivity contribution in [1.29, 1.82) is 0 Å². The predicted molar refractivity (Wildman–Crippen MR) is 99.7 cm³/mol. The first kappa shape index (κ1) is 19.5.